The molecule has 0 bridgehead atoms. The number of carbonyl (C=O) groups excluding carboxylic acids is 1. The van der Waals surface area contributed by atoms with E-state index in [0.717, 1.165) is 5.56 Å². The first kappa shape index (κ1) is 21.5. The minimum absolute atomic E-state index is 0.0871. The second-order valence-electron chi connectivity index (χ2n) is 9.24. The fraction of sp³-hybridized carbons (Fsp3) is 0.667. The lowest BCUT2D eigenvalue weighted by molar-refractivity contribution is -0.261. The van der Waals surface area contributed by atoms with Gasteiger partial charge in [-0.05, 0) is 18.1 Å². The van der Waals surface area contributed by atoms with Crippen LogP contribution in [0, 0.1) is 0 Å². The van der Waals surface area contributed by atoms with Crippen molar-refractivity contribution in [1.82, 2.24) is 0 Å². The summed E-state index contributed by atoms with van der Waals surface area (Å²) in [5, 5.41) is 0.0871. The van der Waals surface area contributed by atoms with Crippen LogP contribution in [0.1, 0.15) is 46.5 Å². The Balaban J connectivity index is 1.79. The Morgan fingerprint density at radius 3 is 2.39 bits per heavy atom. The van der Waals surface area contributed by atoms with Crippen LogP contribution in [-0.4, -0.2) is 45.0 Å². The summed E-state index contributed by atoms with van der Waals surface area (Å²) in [5.74, 6) is -1.62. The van der Waals surface area contributed by atoms with Crippen molar-refractivity contribution in [1.29, 1.82) is 0 Å². The third-order valence-corrected chi connectivity index (χ3v) is 10.5. The minimum atomic E-state index is -1.96. The molecular formula is C21H32O6Si. The van der Waals surface area contributed by atoms with Crippen LogP contribution in [0.25, 0.3) is 0 Å². The van der Waals surface area contributed by atoms with E-state index in [4.69, 9.17) is 23.4 Å². The maximum Gasteiger partial charge on any atom is 0.305 e. The molecule has 1 aromatic rings. The summed E-state index contributed by atoms with van der Waals surface area (Å²) in [7, 11) is -1.96. The monoisotopic (exact) mass is 408 g/mol. The van der Waals surface area contributed by atoms with Crippen molar-refractivity contribution >= 4 is 14.3 Å². The minimum Gasteiger partial charge on any atom is -0.431 e. The average molecular weight is 409 g/mol. The van der Waals surface area contributed by atoms with Crippen molar-refractivity contribution in [2.45, 2.75) is 83.1 Å². The highest BCUT2D eigenvalue weighted by Crippen LogP contribution is 2.46. The Kier molecular flexibility index (Phi) is 5.77. The van der Waals surface area contributed by atoms with E-state index in [1.165, 1.54) is 6.92 Å². The molecule has 28 heavy (non-hydrogen) atoms. The Morgan fingerprint density at radius 2 is 1.82 bits per heavy atom. The highest BCUT2D eigenvalue weighted by molar-refractivity contribution is 6.74. The fourth-order valence-corrected chi connectivity index (χ4v) is 4.38. The van der Waals surface area contributed by atoms with Crippen LogP contribution in [0.4, 0.5) is 0 Å². The van der Waals surface area contributed by atoms with Gasteiger partial charge in [-0.1, -0.05) is 51.1 Å². The van der Waals surface area contributed by atoms with Crippen molar-refractivity contribution in [3.63, 3.8) is 0 Å². The molecule has 0 spiro atoms. The van der Waals surface area contributed by atoms with Crippen molar-refractivity contribution in [3.8, 4) is 0 Å². The maximum absolute atomic E-state index is 11.7. The average Bonchev–Trinajstić information content (AvgIpc) is 3.12. The van der Waals surface area contributed by atoms with Gasteiger partial charge < -0.3 is 23.4 Å². The predicted molar refractivity (Wildman–Crippen MR) is 107 cm³/mol. The number of rotatable bonds is 5. The van der Waals surface area contributed by atoms with Crippen LogP contribution in [0.3, 0.4) is 0 Å². The van der Waals surface area contributed by atoms with E-state index < -0.39 is 32.5 Å². The number of ether oxygens (including phenoxy) is 4. The molecule has 5 atom stereocenters. The van der Waals surface area contributed by atoms with Crippen LogP contribution < -0.4 is 0 Å². The zero-order chi connectivity index (χ0) is 20.7. The van der Waals surface area contributed by atoms with Crippen molar-refractivity contribution in [3.05, 3.63) is 35.9 Å². The number of benzene rings is 1. The highest BCUT2D eigenvalue weighted by atomic mass is 28.4. The molecule has 0 aliphatic carbocycles. The number of fused-ring (bicyclic) bond motifs is 1. The summed E-state index contributed by atoms with van der Waals surface area (Å²) in [5.41, 5.74) is 0.922. The van der Waals surface area contributed by atoms with Crippen LogP contribution in [0.15, 0.2) is 30.3 Å². The summed E-state index contributed by atoms with van der Waals surface area (Å²) in [4.78, 5) is 11.7. The largest absolute Gasteiger partial charge is 0.431 e. The van der Waals surface area contributed by atoms with Gasteiger partial charge in [0.2, 0.25) is 5.79 Å². The molecule has 0 N–H and O–H groups in total. The van der Waals surface area contributed by atoms with Crippen LogP contribution in [0.5, 0.6) is 0 Å². The van der Waals surface area contributed by atoms with Crippen molar-refractivity contribution in [2.24, 2.45) is 0 Å². The summed E-state index contributed by atoms with van der Waals surface area (Å²) in [6.07, 6.45) is -1.79. The Bertz CT molecular complexity index is 701. The van der Waals surface area contributed by atoms with E-state index in [0.29, 0.717) is 6.61 Å². The number of esters is 1. The van der Waals surface area contributed by atoms with Gasteiger partial charge in [-0.25, -0.2) is 0 Å². The van der Waals surface area contributed by atoms with Gasteiger partial charge in [0.15, 0.2) is 20.7 Å². The molecule has 2 aliphatic rings. The summed E-state index contributed by atoms with van der Waals surface area (Å²) in [6, 6.07) is 9.74. The van der Waals surface area contributed by atoms with Gasteiger partial charge in [-0.2, -0.15) is 0 Å². The topological polar surface area (TPSA) is 63.2 Å². The van der Waals surface area contributed by atoms with Gasteiger partial charge in [0.1, 0.15) is 12.2 Å². The standard InChI is InChI=1S/C21H32O6Si/c1-14(22)26-21(5)18-17(24-19(25-18)15-11-9-8-10-12-15)16(27-21)13-23-28(6,7)20(2,3)4/h8-12,16-19H,13H2,1-7H3/t16-,17-,18-,19?,21?/m1/s1. The lowest BCUT2D eigenvalue weighted by Crippen LogP contribution is -2.44. The van der Waals surface area contributed by atoms with E-state index in [9.17, 15) is 4.79 Å². The fourth-order valence-electron chi connectivity index (χ4n) is 3.37. The molecular weight excluding hydrogens is 376 g/mol. The zero-order valence-corrected chi connectivity index (χ0v) is 18.9. The molecule has 6 nitrogen and oxygen atoms in total. The summed E-state index contributed by atoms with van der Waals surface area (Å²) in [6.45, 7) is 14.5. The molecule has 3 rings (SSSR count). The molecule has 0 aromatic heterocycles. The second-order valence-corrected chi connectivity index (χ2v) is 14.0. The van der Waals surface area contributed by atoms with Gasteiger partial charge in [-0.3, -0.25) is 4.79 Å². The van der Waals surface area contributed by atoms with Crippen molar-refractivity contribution < 1.29 is 28.2 Å². The van der Waals surface area contributed by atoms with Crippen LogP contribution >= 0.6 is 0 Å². The van der Waals surface area contributed by atoms with E-state index in [1.54, 1.807) is 6.92 Å². The SMILES string of the molecule is CC(=O)OC1(C)O[C@H](CO[Si](C)(C)C(C)(C)C)[C@H]2OC(c3ccccc3)O[C@H]21. The molecule has 0 amide bonds. The Morgan fingerprint density at radius 1 is 1.18 bits per heavy atom. The van der Waals surface area contributed by atoms with E-state index >= 15 is 0 Å². The number of hydrogen-bond donors (Lipinski definition) is 0. The maximum atomic E-state index is 11.7. The third-order valence-electron chi connectivity index (χ3n) is 5.95. The van der Waals surface area contributed by atoms with Gasteiger partial charge in [0.25, 0.3) is 0 Å². The van der Waals surface area contributed by atoms with E-state index in [2.05, 4.69) is 33.9 Å². The molecule has 2 fully saturated rings. The first-order valence-electron chi connectivity index (χ1n) is 9.80. The highest BCUT2D eigenvalue weighted by Gasteiger charge is 2.61. The Labute approximate surface area is 168 Å². The predicted octanol–water partition coefficient (Wildman–Crippen LogP) is 4.17. The first-order chi connectivity index (χ1) is 12.9. The lowest BCUT2D eigenvalue weighted by Gasteiger charge is -2.37. The number of hydrogen-bond acceptors (Lipinski definition) is 6. The van der Waals surface area contributed by atoms with Gasteiger partial charge in [0, 0.05) is 19.4 Å². The summed E-state index contributed by atoms with van der Waals surface area (Å²) < 4.78 is 30.4. The van der Waals surface area contributed by atoms with Crippen LogP contribution in [0.2, 0.25) is 18.1 Å². The van der Waals surface area contributed by atoms with Crippen LogP contribution in [-0.2, 0) is 28.2 Å². The normalized spacial score (nSPS) is 33.0. The second kappa shape index (κ2) is 7.53. The molecule has 0 radical (unpaired) electrons. The smallest absolute Gasteiger partial charge is 0.305 e. The molecule has 0 saturated carbocycles. The molecule has 7 heteroatoms. The first-order valence-corrected chi connectivity index (χ1v) is 12.7. The van der Waals surface area contributed by atoms with Gasteiger partial charge in [-0.15, -0.1) is 0 Å². The van der Waals surface area contributed by atoms with E-state index in [-0.39, 0.29) is 17.2 Å². The molecule has 2 saturated heterocycles. The van der Waals surface area contributed by atoms with Crippen molar-refractivity contribution in [2.75, 3.05) is 6.61 Å². The Hall–Kier alpha value is -1.25. The van der Waals surface area contributed by atoms with Gasteiger partial charge >= 0.3 is 5.97 Å². The molecule has 156 valence electrons. The summed E-state index contributed by atoms with van der Waals surface area (Å²) >= 11 is 0. The zero-order valence-electron chi connectivity index (χ0n) is 17.9. The molecule has 2 unspecified atom stereocenters. The molecule has 2 aliphatic heterocycles. The number of carbonyl (C=O) groups is 1. The van der Waals surface area contributed by atoms with E-state index in [1.807, 2.05) is 30.3 Å². The molecule has 2 heterocycles. The third kappa shape index (κ3) is 4.18. The quantitative estimate of drug-likeness (QED) is 0.538. The molecule has 1 aromatic carbocycles. The van der Waals surface area contributed by atoms with Gasteiger partial charge in [0.05, 0.1) is 6.61 Å². The lowest BCUT2D eigenvalue weighted by atomic mass is 10.1.